The molecule has 2 aromatic heterocycles. The fourth-order valence-electron chi connectivity index (χ4n) is 2.96. The zero-order valence-electron chi connectivity index (χ0n) is 16.6. The van der Waals surface area contributed by atoms with Gasteiger partial charge in [0, 0.05) is 4.88 Å². The third-order valence-electron chi connectivity index (χ3n) is 4.65. The third kappa shape index (κ3) is 4.21. The van der Waals surface area contributed by atoms with Gasteiger partial charge in [0.1, 0.15) is 5.00 Å². The Morgan fingerprint density at radius 3 is 2.50 bits per heavy atom. The maximum absolute atomic E-state index is 12.3. The SMILES string of the molecule is COC(=O)c1cc(-c2ccccc2)sc1NC(=S)Nc1nc2cc(C)c(C)cc2s1. The molecule has 0 aliphatic heterocycles. The van der Waals surface area contributed by atoms with Gasteiger partial charge in [-0.1, -0.05) is 41.7 Å². The number of methoxy groups -OCH3 is 1. The number of rotatable bonds is 4. The van der Waals surface area contributed by atoms with Gasteiger partial charge in [0.25, 0.3) is 0 Å². The second-order valence-corrected chi connectivity index (χ2v) is 9.20. The Morgan fingerprint density at radius 1 is 1.03 bits per heavy atom. The van der Waals surface area contributed by atoms with E-state index in [1.165, 1.54) is 40.9 Å². The monoisotopic (exact) mass is 453 g/mol. The summed E-state index contributed by atoms with van der Waals surface area (Å²) in [6.45, 7) is 4.16. The fourth-order valence-corrected chi connectivity index (χ4v) is 5.29. The standard InChI is InChI=1S/C22H19N3O2S3/c1-12-9-16-18(10-13(12)2)30-22(23-16)25-21(28)24-19-15(20(26)27-3)11-17(29-19)14-7-5-4-6-8-14/h4-11H,1-3H3,(H2,23,24,25,28). The normalized spacial score (nSPS) is 10.8. The van der Waals surface area contributed by atoms with E-state index in [0.717, 1.165) is 20.7 Å². The Morgan fingerprint density at radius 2 is 1.77 bits per heavy atom. The van der Waals surface area contributed by atoms with Crippen molar-refractivity contribution in [2.75, 3.05) is 17.7 Å². The Bertz CT molecular complexity index is 1210. The molecule has 0 unspecified atom stereocenters. The molecule has 30 heavy (non-hydrogen) atoms. The molecule has 0 saturated carbocycles. The first kappa shape index (κ1) is 20.5. The number of thiophene rings is 1. The van der Waals surface area contributed by atoms with E-state index in [0.29, 0.717) is 20.8 Å². The van der Waals surface area contributed by atoms with Gasteiger partial charge in [-0.05, 0) is 61.0 Å². The van der Waals surface area contributed by atoms with Crippen LogP contribution in [0.4, 0.5) is 10.1 Å². The van der Waals surface area contributed by atoms with Crippen molar-refractivity contribution in [1.29, 1.82) is 0 Å². The van der Waals surface area contributed by atoms with Gasteiger partial charge in [-0.3, -0.25) is 0 Å². The summed E-state index contributed by atoms with van der Waals surface area (Å²) < 4.78 is 6.04. The molecule has 2 aromatic carbocycles. The van der Waals surface area contributed by atoms with Crippen molar-refractivity contribution < 1.29 is 9.53 Å². The van der Waals surface area contributed by atoms with Crippen LogP contribution in [0.25, 0.3) is 20.7 Å². The van der Waals surface area contributed by atoms with Crippen LogP contribution in [-0.4, -0.2) is 23.2 Å². The minimum absolute atomic E-state index is 0.370. The number of carbonyl (C=O) groups is 1. The van der Waals surface area contributed by atoms with Gasteiger partial charge in [0.2, 0.25) is 0 Å². The number of esters is 1. The Balaban J connectivity index is 1.58. The van der Waals surface area contributed by atoms with E-state index in [1.807, 2.05) is 36.4 Å². The molecule has 4 rings (SSSR count). The number of nitrogens with zero attached hydrogens (tertiary/aromatic N) is 1. The minimum Gasteiger partial charge on any atom is -0.465 e. The van der Waals surface area contributed by atoms with E-state index >= 15 is 0 Å². The average molecular weight is 454 g/mol. The first-order chi connectivity index (χ1) is 14.4. The number of carbonyl (C=O) groups excluding carboxylic acids is 1. The van der Waals surface area contributed by atoms with Crippen LogP contribution in [0.2, 0.25) is 0 Å². The number of hydrogen-bond donors (Lipinski definition) is 2. The van der Waals surface area contributed by atoms with Crippen molar-refractivity contribution in [2.45, 2.75) is 13.8 Å². The molecule has 0 amide bonds. The highest BCUT2D eigenvalue weighted by Gasteiger charge is 2.19. The molecule has 0 atom stereocenters. The van der Waals surface area contributed by atoms with Crippen molar-refractivity contribution >= 4 is 66.3 Å². The maximum Gasteiger partial charge on any atom is 0.340 e. The van der Waals surface area contributed by atoms with E-state index in [2.05, 4.69) is 41.6 Å². The lowest BCUT2D eigenvalue weighted by Crippen LogP contribution is -2.19. The van der Waals surface area contributed by atoms with Crippen LogP contribution in [0.1, 0.15) is 21.5 Å². The van der Waals surface area contributed by atoms with Gasteiger partial charge in [-0.2, -0.15) is 0 Å². The second kappa shape index (κ2) is 8.51. The average Bonchev–Trinajstić information content (AvgIpc) is 3.32. The molecule has 0 spiro atoms. The molecular weight excluding hydrogens is 434 g/mol. The number of thiocarbonyl (C=S) groups is 1. The first-order valence-corrected chi connectivity index (χ1v) is 11.2. The quantitative estimate of drug-likeness (QED) is 0.282. The van der Waals surface area contributed by atoms with Crippen molar-refractivity contribution in [3.63, 3.8) is 0 Å². The van der Waals surface area contributed by atoms with Crippen LogP contribution in [0.3, 0.4) is 0 Å². The summed E-state index contributed by atoms with van der Waals surface area (Å²) in [7, 11) is 1.37. The number of aryl methyl sites for hydroxylation is 2. The summed E-state index contributed by atoms with van der Waals surface area (Å²) in [6, 6.07) is 15.9. The maximum atomic E-state index is 12.3. The lowest BCUT2D eigenvalue weighted by atomic mass is 10.1. The fraction of sp³-hybridized carbons (Fsp3) is 0.136. The summed E-state index contributed by atoms with van der Waals surface area (Å²) in [4.78, 5) is 17.8. The van der Waals surface area contributed by atoms with Gasteiger partial charge in [-0.15, -0.1) is 11.3 Å². The highest BCUT2D eigenvalue weighted by Crippen LogP contribution is 2.36. The zero-order valence-corrected chi connectivity index (χ0v) is 19.1. The van der Waals surface area contributed by atoms with Crippen LogP contribution in [0.15, 0.2) is 48.5 Å². The van der Waals surface area contributed by atoms with Gasteiger partial charge < -0.3 is 15.4 Å². The first-order valence-electron chi connectivity index (χ1n) is 9.18. The predicted molar refractivity (Wildman–Crippen MR) is 130 cm³/mol. The number of anilines is 2. The number of fused-ring (bicyclic) bond motifs is 1. The highest BCUT2D eigenvalue weighted by molar-refractivity contribution is 7.80. The van der Waals surface area contributed by atoms with Gasteiger partial charge in [0.05, 0.1) is 22.9 Å². The molecule has 2 heterocycles. The summed E-state index contributed by atoms with van der Waals surface area (Å²) in [5.74, 6) is -0.412. The molecular formula is C22H19N3O2S3. The lowest BCUT2D eigenvalue weighted by molar-refractivity contribution is 0.0602. The molecule has 4 aromatic rings. The Labute approximate surface area is 187 Å². The molecule has 0 aliphatic rings. The molecule has 0 fully saturated rings. The number of ether oxygens (including phenoxy) is 1. The lowest BCUT2D eigenvalue weighted by Gasteiger charge is -2.08. The van der Waals surface area contributed by atoms with Gasteiger partial charge >= 0.3 is 5.97 Å². The predicted octanol–water partition coefficient (Wildman–Crippen LogP) is 6.24. The molecule has 8 heteroatoms. The highest BCUT2D eigenvalue weighted by atomic mass is 32.1. The van der Waals surface area contributed by atoms with E-state index in [-0.39, 0.29) is 0 Å². The van der Waals surface area contributed by atoms with Crippen molar-refractivity contribution in [2.24, 2.45) is 0 Å². The van der Waals surface area contributed by atoms with E-state index in [1.54, 1.807) is 0 Å². The topological polar surface area (TPSA) is 63.2 Å². The van der Waals surface area contributed by atoms with Crippen molar-refractivity contribution in [1.82, 2.24) is 4.98 Å². The molecule has 2 N–H and O–H groups in total. The van der Waals surface area contributed by atoms with Crippen LogP contribution < -0.4 is 10.6 Å². The van der Waals surface area contributed by atoms with Crippen LogP contribution >= 0.6 is 34.9 Å². The molecule has 0 radical (unpaired) electrons. The van der Waals surface area contributed by atoms with Crippen molar-refractivity contribution in [3.8, 4) is 10.4 Å². The smallest absolute Gasteiger partial charge is 0.340 e. The molecule has 0 saturated heterocycles. The van der Waals surface area contributed by atoms with Crippen LogP contribution in [0, 0.1) is 13.8 Å². The van der Waals surface area contributed by atoms with Crippen molar-refractivity contribution in [3.05, 3.63) is 65.2 Å². The summed E-state index contributed by atoms with van der Waals surface area (Å²) in [6.07, 6.45) is 0. The summed E-state index contributed by atoms with van der Waals surface area (Å²) >= 11 is 8.47. The van der Waals surface area contributed by atoms with E-state index < -0.39 is 5.97 Å². The number of thiazole rings is 1. The Hall–Kier alpha value is -2.81. The minimum atomic E-state index is -0.412. The van der Waals surface area contributed by atoms with Gasteiger partial charge in [-0.25, -0.2) is 9.78 Å². The largest absolute Gasteiger partial charge is 0.465 e. The van der Waals surface area contributed by atoms with Gasteiger partial charge in [0.15, 0.2) is 10.2 Å². The Kier molecular flexibility index (Phi) is 5.80. The second-order valence-electron chi connectivity index (χ2n) is 6.71. The van der Waals surface area contributed by atoms with Crippen LogP contribution in [-0.2, 0) is 4.74 Å². The van der Waals surface area contributed by atoms with E-state index in [4.69, 9.17) is 17.0 Å². The van der Waals surface area contributed by atoms with Crippen LogP contribution in [0.5, 0.6) is 0 Å². The number of aromatic nitrogens is 1. The number of benzene rings is 2. The molecule has 0 bridgehead atoms. The third-order valence-corrected chi connectivity index (χ3v) is 6.88. The summed E-state index contributed by atoms with van der Waals surface area (Å²) in [5, 5.41) is 7.97. The molecule has 0 aliphatic carbocycles. The number of nitrogens with one attached hydrogen (secondary N) is 2. The van der Waals surface area contributed by atoms with E-state index in [9.17, 15) is 4.79 Å². The molecule has 152 valence electrons. The summed E-state index contributed by atoms with van der Waals surface area (Å²) in [5.41, 5.74) is 4.84. The zero-order chi connectivity index (χ0) is 21.3. The molecule has 5 nitrogen and oxygen atoms in total. The number of hydrogen-bond acceptors (Lipinski definition) is 6.